The first-order valence-corrected chi connectivity index (χ1v) is 10.8. The van der Waals surface area contributed by atoms with Crippen molar-refractivity contribution in [3.63, 3.8) is 0 Å². The number of thioether (sulfide) groups is 1. The second kappa shape index (κ2) is 7.28. The van der Waals surface area contributed by atoms with Crippen LogP contribution in [-0.2, 0) is 4.79 Å². The van der Waals surface area contributed by atoms with Crippen LogP contribution in [0.3, 0.4) is 0 Å². The number of hydrogen-bond donors (Lipinski definition) is 1. The molecule has 1 atom stereocenters. The van der Waals surface area contributed by atoms with E-state index in [1.165, 1.54) is 0 Å². The van der Waals surface area contributed by atoms with Gasteiger partial charge in [0.2, 0.25) is 11.1 Å². The Kier molecular flexibility index (Phi) is 4.95. The molecule has 0 radical (unpaired) electrons. The maximum Gasteiger partial charge on any atom is 0.227 e. The van der Waals surface area contributed by atoms with Crippen molar-refractivity contribution in [2.45, 2.75) is 51.7 Å². The first-order chi connectivity index (χ1) is 13.4. The van der Waals surface area contributed by atoms with Gasteiger partial charge in [-0.15, -0.1) is 5.10 Å². The van der Waals surface area contributed by atoms with E-state index in [9.17, 15) is 4.79 Å². The average molecular weight is 399 g/mol. The summed E-state index contributed by atoms with van der Waals surface area (Å²) in [7, 11) is 0. The SMILES string of the molecule is CCOc1cccc(C2C3=C(CC(C)(C)CC3=O)Nc3nc(SCC)nn32)c1. The maximum atomic E-state index is 13.2. The highest BCUT2D eigenvalue weighted by Gasteiger charge is 2.41. The van der Waals surface area contributed by atoms with Crippen LogP contribution in [0.25, 0.3) is 0 Å². The van der Waals surface area contributed by atoms with Gasteiger partial charge in [0.25, 0.3) is 0 Å². The molecule has 1 aromatic heterocycles. The number of hydrogen-bond acceptors (Lipinski definition) is 6. The third kappa shape index (κ3) is 3.43. The molecule has 0 amide bonds. The van der Waals surface area contributed by atoms with Crippen LogP contribution in [0.4, 0.5) is 5.95 Å². The average Bonchev–Trinajstić information content (AvgIpc) is 3.01. The first-order valence-electron chi connectivity index (χ1n) is 9.77. The molecule has 1 aliphatic heterocycles. The van der Waals surface area contributed by atoms with Gasteiger partial charge in [-0.2, -0.15) is 4.98 Å². The van der Waals surface area contributed by atoms with Gasteiger partial charge in [0.1, 0.15) is 11.8 Å². The highest BCUT2D eigenvalue weighted by atomic mass is 32.2. The molecule has 1 aliphatic carbocycles. The van der Waals surface area contributed by atoms with E-state index in [1.54, 1.807) is 11.8 Å². The van der Waals surface area contributed by atoms with Crippen molar-refractivity contribution < 1.29 is 9.53 Å². The largest absolute Gasteiger partial charge is 0.494 e. The highest BCUT2D eigenvalue weighted by Crippen LogP contribution is 2.45. The lowest BCUT2D eigenvalue weighted by molar-refractivity contribution is -0.118. The van der Waals surface area contributed by atoms with Crippen molar-refractivity contribution >= 4 is 23.5 Å². The number of ether oxygens (including phenoxy) is 1. The predicted octanol–water partition coefficient (Wildman–Crippen LogP) is 4.45. The van der Waals surface area contributed by atoms with E-state index in [0.717, 1.165) is 39.9 Å². The Morgan fingerprint density at radius 1 is 1.32 bits per heavy atom. The number of ketones is 1. The van der Waals surface area contributed by atoms with Crippen LogP contribution in [-0.4, -0.2) is 32.9 Å². The van der Waals surface area contributed by atoms with Gasteiger partial charge < -0.3 is 10.1 Å². The smallest absolute Gasteiger partial charge is 0.227 e. The molecule has 0 saturated heterocycles. The molecule has 4 rings (SSSR count). The fourth-order valence-electron chi connectivity index (χ4n) is 4.03. The van der Waals surface area contributed by atoms with Crippen molar-refractivity contribution in [2.24, 2.45) is 5.41 Å². The van der Waals surface area contributed by atoms with Gasteiger partial charge >= 0.3 is 0 Å². The molecule has 0 saturated carbocycles. The lowest BCUT2D eigenvalue weighted by Crippen LogP contribution is -2.36. The van der Waals surface area contributed by atoms with Crippen molar-refractivity contribution in [1.82, 2.24) is 14.8 Å². The van der Waals surface area contributed by atoms with E-state index in [2.05, 4.69) is 31.1 Å². The summed E-state index contributed by atoms with van der Waals surface area (Å²) in [5, 5.41) is 8.85. The number of allylic oxidation sites excluding steroid dienone is 2. The summed E-state index contributed by atoms with van der Waals surface area (Å²) in [5.74, 6) is 2.57. The number of benzene rings is 1. The molecule has 2 heterocycles. The van der Waals surface area contributed by atoms with E-state index in [0.29, 0.717) is 19.0 Å². The topological polar surface area (TPSA) is 69.0 Å². The Morgan fingerprint density at radius 2 is 2.14 bits per heavy atom. The van der Waals surface area contributed by atoms with Crippen molar-refractivity contribution in [3.8, 4) is 5.75 Å². The van der Waals surface area contributed by atoms with Gasteiger partial charge in [0.15, 0.2) is 5.78 Å². The summed E-state index contributed by atoms with van der Waals surface area (Å²) < 4.78 is 7.56. The van der Waals surface area contributed by atoms with Crippen LogP contribution >= 0.6 is 11.8 Å². The Morgan fingerprint density at radius 3 is 2.89 bits per heavy atom. The Labute approximate surface area is 169 Å². The fraction of sp³-hybridized carbons (Fsp3) is 0.476. The number of rotatable bonds is 5. The van der Waals surface area contributed by atoms with Crippen LogP contribution < -0.4 is 10.1 Å². The molecule has 1 N–H and O–H groups in total. The zero-order valence-corrected chi connectivity index (χ0v) is 17.6. The summed E-state index contributed by atoms with van der Waals surface area (Å²) >= 11 is 1.60. The standard InChI is InChI=1S/C21H26N4O2S/c1-5-27-14-9-7-8-13(10-14)18-17-15(11-21(3,4)12-16(17)26)22-19-23-20(28-6-2)24-25(18)19/h7-10,18H,5-6,11-12H2,1-4H3,(H,22,23,24). The molecule has 148 valence electrons. The second-order valence-corrected chi connectivity index (χ2v) is 9.19. The number of fused-ring (bicyclic) bond motifs is 1. The van der Waals surface area contributed by atoms with Crippen LogP contribution in [0.5, 0.6) is 5.75 Å². The lowest BCUT2D eigenvalue weighted by Gasteiger charge is -2.38. The van der Waals surface area contributed by atoms with Gasteiger partial charge in [-0.25, -0.2) is 4.68 Å². The van der Waals surface area contributed by atoms with Crippen LogP contribution in [0.2, 0.25) is 0 Å². The fourth-order valence-corrected chi connectivity index (χ4v) is 4.58. The maximum absolute atomic E-state index is 13.2. The van der Waals surface area contributed by atoms with Crippen LogP contribution in [0, 0.1) is 5.41 Å². The van der Waals surface area contributed by atoms with E-state index in [1.807, 2.05) is 35.9 Å². The Hall–Kier alpha value is -2.28. The number of aromatic nitrogens is 3. The molecule has 2 aliphatic rings. The summed E-state index contributed by atoms with van der Waals surface area (Å²) in [6, 6.07) is 7.67. The third-order valence-electron chi connectivity index (χ3n) is 5.07. The van der Waals surface area contributed by atoms with Gasteiger partial charge in [-0.3, -0.25) is 4.79 Å². The van der Waals surface area contributed by atoms with Crippen LogP contribution in [0.1, 0.15) is 52.1 Å². The first kappa shape index (κ1) is 19.1. The van der Waals surface area contributed by atoms with Crippen molar-refractivity contribution in [3.05, 3.63) is 41.1 Å². The van der Waals surface area contributed by atoms with Crippen LogP contribution in [0.15, 0.2) is 40.7 Å². The van der Waals surface area contributed by atoms with E-state index in [4.69, 9.17) is 9.84 Å². The quantitative estimate of drug-likeness (QED) is 0.751. The van der Waals surface area contributed by atoms with Gasteiger partial charge in [-0.05, 0) is 42.2 Å². The molecule has 7 heteroatoms. The number of nitrogens with one attached hydrogen (secondary N) is 1. The molecular weight excluding hydrogens is 372 g/mol. The molecule has 0 fully saturated rings. The van der Waals surface area contributed by atoms with Gasteiger partial charge in [-0.1, -0.05) is 44.7 Å². The minimum atomic E-state index is -0.283. The lowest BCUT2D eigenvalue weighted by atomic mass is 9.73. The number of nitrogens with zero attached hydrogens (tertiary/aromatic N) is 3. The predicted molar refractivity (Wildman–Crippen MR) is 111 cm³/mol. The second-order valence-electron chi connectivity index (χ2n) is 7.96. The molecule has 28 heavy (non-hydrogen) atoms. The Bertz CT molecular complexity index is 948. The molecular formula is C21H26N4O2S. The van der Waals surface area contributed by atoms with E-state index < -0.39 is 0 Å². The number of carbonyl (C=O) groups excluding carboxylic acids is 1. The summed E-state index contributed by atoms with van der Waals surface area (Å²) in [6.45, 7) is 8.92. The molecule has 1 unspecified atom stereocenters. The minimum absolute atomic E-state index is 0.0656. The minimum Gasteiger partial charge on any atom is -0.494 e. The van der Waals surface area contributed by atoms with E-state index >= 15 is 0 Å². The number of Topliss-reactive ketones (excluding diaryl/α,β-unsaturated/α-hetero) is 1. The zero-order valence-electron chi connectivity index (χ0n) is 16.8. The zero-order chi connectivity index (χ0) is 19.9. The summed E-state index contributed by atoms with van der Waals surface area (Å²) in [5.41, 5.74) is 2.70. The number of anilines is 1. The molecule has 6 nitrogen and oxygen atoms in total. The monoisotopic (exact) mass is 398 g/mol. The molecule has 1 aromatic carbocycles. The van der Waals surface area contributed by atoms with Crippen molar-refractivity contribution in [1.29, 1.82) is 0 Å². The molecule has 0 spiro atoms. The Balaban J connectivity index is 1.86. The van der Waals surface area contributed by atoms with Gasteiger partial charge in [0.05, 0.1) is 6.61 Å². The van der Waals surface area contributed by atoms with Crippen molar-refractivity contribution in [2.75, 3.05) is 17.7 Å². The summed E-state index contributed by atoms with van der Waals surface area (Å²) in [4.78, 5) is 17.9. The summed E-state index contributed by atoms with van der Waals surface area (Å²) in [6.07, 6.45) is 1.36. The van der Waals surface area contributed by atoms with Gasteiger partial charge in [0, 0.05) is 17.7 Å². The molecule has 2 aromatic rings. The number of carbonyl (C=O) groups is 1. The third-order valence-corrected chi connectivity index (χ3v) is 5.79. The molecule has 0 bridgehead atoms. The van der Waals surface area contributed by atoms with E-state index in [-0.39, 0.29) is 17.2 Å². The normalized spacial score (nSPS) is 20.4. The highest BCUT2D eigenvalue weighted by molar-refractivity contribution is 7.99.